The first-order valence-electron chi connectivity index (χ1n) is 6.34. The molecular formula is C14H21ClN2OS. The Balaban J connectivity index is 0.00000180. The highest BCUT2D eigenvalue weighted by atomic mass is 35.5. The molecule has 0 aromatic heterocycles. The molecule has 0 bridgehead atoms. The van der Waals surface area contributed by atoms with Gasteiger partial charge in [-0.3, -0.25) is 4.79 Å². The van der Waals surface area contributed by atoms with Gasteiger partial charge in [-0.05, 0) is 56.5 Å². The summed E-state index contributed by atoms with van der Waals surface area (Å²) in [6, 6.07) is 8.23. The number of hydrogen-bond acceptors (Lipinski definition) is 3. The van der Waals surface area contributed by atoms with Crippen molar-refractivity contribution in [2.24, 2.45) is 0 Å². The molecule has 1 aromatic rings. The van der Waals surface area contributed by atoms with E-state index < -0.39 is 0 Å². The van der Waals surface area contributed by atoms with Crippen molar-refractivity contribution in [2.45, 2.75) is 23.8 Å². The van der Waals surface area contributed by atoms with Gasteiger partial charge in [0.05, 0.1) is 0 Å². The first-order chi connectivity index (χ1) is 8.72. The molecule has 5 heteroatoms. The van der Waals surface area contributed by atoms with Gasteiger partial charge in [0.15, 0.2) is 0 Å². The summed E-state index contributed by atoms with van der Waals surface area (Å²) in [4.78, 5) is 15.4. The van der Waals surface area contributed by atoms with Crippen LogP contribution in [0.25, 0.3) is 0 Å². The van der Waals surface area contributed by atoms with Crippen LogP contribution >= 0.6 is 24.2 Å². The van der Waals surface area contributed by atoms with Gasteiger partial charge in [0, 0.05) is 23.5 Å². The van der Waals surface area contributed by atoms with E-state index in [0.717, 1.165) is 31.5 Å². The zero-order valence-corrected chi connectivity index (χ0v) is 13.0. The zero-order valence-electron chi connectivity index (χ0n) is 11.4. The van der Waals surface area contributed by atoms with Crippen LogP contribution in [-0.2, 0) is 0 Å². The molecule has 1 N–H and O–H groups in total. The highest BCUT2D eigenvalue weighted by Crippen LogP contribution is 2.17. The second-order valence-corrected chi connectivity index (χ2v) is 5.51. The summed E-state index contributed by atoms with van der Waals surface area (Å²) < 4.78 is 0. The van der Waals surface area contributed by atoms with Gasteiger partial charge in [-0.25, -0.2) is 0 Å². The molecule has 1 saturated heterocycles. The molecule has 3 nitrogen and oxygen atoms in total. The minimum absolute atomic E-state index is 0. The van der Waals surface area contributed by atoms with Crippen LogP contribution in [0.5, 0.6) is 0 Å². The van der Waals surface area contributed by atoms with E-state index in [4.69, 9.17) is 0 Å². The third-order valence-electron chi connectivity index (χ3n) is 3.51. The number of amides is 1. The van der Waals surface area contributed by atoms with Gasteiger partial charge in [0.1, 0.15) is 0 Å². The van der Waals surface area contributed by atoms with Crippen molar-refractivity contribution in [2.75, 3.05) is 26.4 Å². The average Bonchev–Trinajstić information content (AvgIpc) is 2.47. The molecular weight excluding hydrogens is 280 g/mol. The maximum absolute atomic E-state index is 12.3. The lowest BCUT2D eigenvalue weighted by atomic mass is 10.0. The van der Waals surface area contributed by atoms with Crippen LogP contribution in [0.2, 0.25) is 0 Å². The first kappa shape index (κ1) is 16.3. The Hall–Kier alpha value is -0.710. The van der Waals surface area contributed by atoms with Crippen LogP contribution in [0.1, 0.15) is 23.2 Å². The monoisotopic (exact) mass is 300 g/mol. The molecule has 106 valence electrons. The minimum atomic E-state index is 0. The van der Waals surface area contributed by atoms with Crippen molar-refractivity contribution in [3.63, 3.8) is 0 Å². The SMILES string of the molecule is CSc1ccc(C(=O)N(C)C2CCNCC2)cc1.Cl. The molecule has 0 saturated carbocycles. The molecule has 0 radical (unpaired) electrons. The van der Waals surface area contributed by atoms with Crippen LogP contribution < -0.4 is 5.32 Å². The lowest BCUT2D eigenvalue weighted by Gasteiger charge is -2.31. The van der Waals surface area contributed by atoms with Crippen LogP contribution in [0, 0.1) is 0 Å². The van der Waals surface area contributed by atoms with Crippen LogP contribution in [0.3, 0.4) is 0 Å². The smallest absolute Gasteiger partial charge is 0.253 e. The molecule has 0 atom stereocenters. The lowest BCUT2D eigenvalue weighted by Crippen LogP contribution is -2.43. The predicted molar refractivity (Wildman–Crippen MR) is 83.5 cm³/mol. The van der Waals surface area contributed by atoms with E-state index in [0.29, 0.717) is 6.04 Å². The molecule has 1 aliphatic rings. The van der Waals surface area contributed by atoms with Crippen LogP contribution in [-0.4, -0.2) is 43.2 Å². The number of benzene rings is 1. The predicted octanol–water partition coefficient (Wildman–Crippen LogP) is 2.65. The highest BCUT2D eigenvalue weighted by molar-refractivity contribution is 7.98. The van der Waals surface area contributed by atoms with Crippen molar-refractivity contribution in [3.05, 3.63) is 29.8 Å². The number of carbonyl (C=O) groups excluding carboxylic acids is 1. The standard InChI is InChI=1S/C14H20N2OS.ClH/c1-16(12-7-9-15-10-8-12)14(17)11-3-5-13(18-2)6-4-11;/h3-6,12,15H,7-10H2,1-2H3;1H. The van der Waals surface area contributed by atoms with E-state index in [1.165, 1.54) is 4.90 Å². The number of carbonyl (C=O) groups is 1. The van der Waals surface area contributed by atoms with Gasteiger partial charge in [-0.2, -0.15) is 0 Å². The third-order valence-corrected chi connectivity index (χ3v) is 4.26. The Bertz CT molecular complexity index is 404. The van der Waals surface area contributed by atoms with Crippen molar-refractivity contribution >= 4 is 30.1 Å². The number of thioether (sulfide) groups is 1. The Morgan fingerprint density at radius 1 is 1.26 bits per heavy atom. The molecule has 0 spiro atoms. The van der Waals surface area contributed by atoms with Gasteiger partial charge in [0.2, 0.25) is 0 Å². The fourth-order valence-electron chi connectivity index (χ4n) is 2.30. The van der Waals surface area contributed by atoms with Crippen molar-refractivity contribution in [1.29, 1.82) is 0 Å². The highest BCUT2D eigenvalue weighted by Gasteiger charge is 2.22. The Labute approximate surface area is 125 Å². The second kappa shape index (κ2) is 7.78. The van der Waals surface area contributed by atoms with Crippen molar-refractivity contribution in [3.8, 4) is 0 Å². The summed E-state index contributed by atoms with van der Waals surface area (Å²) in [5, 5.41) is 3.32. The molecule has 1 aromatic carbocycles. The second-order valence-electron chi connectivity index (χ2n) is 4.63. The summed E-state index contributed by atoms with van der Waals surface area (Å²) in [7, 11) is 1.92. The Morgan fingerprint density at radius 3 is 2.37 bits per heavy atom. The summed E-state index contributed by atoms with van der Waals surface area (Å²) >= 11 is 1.69. The molecule has 1 aliphatic heterocycles. The van der Waals surface area contributed by atoms with Crippen LogP contribution in [0.4, 0.5) is 0 Å². The number of hydrogen-bond donors (Lipinski definition) is 1. The lowest BCUT2D eigenvalue weighted by molar-refractivity contribution is 0.0703. The Kier molecular flexibility index (Phi) is 6.69. The molecule has 0 aliphatic carbocycles. The van der Waals surface area contributed by atoms with Gasteiger partial charge < -0.3 is 10.2 Å². The number of rotatable bonds is 3. The van der Waals surface area contributed by atoms with Gasteiger partial charge in [-0.15, -0.1) is 24.2 Å². The molecule has 1 fully saturated rings. The fraction of sp³-hybridized carbons (Fsp3) is 0.500. The van der Waals surface area contributed by atoms with Crippen LogP contribution in [0.15, 0.2) is 29.2 Å². The molecule has 1 heterocycles. The number of piperidine rings is 1. The number of nitrogens with zero attached hydrogens (tertiary/aromatic N) is 1. The zero-order chi connectivity index (χ0) is 13.0. The maximum Gasteiger partial charge on any atom is 0.253 e. The van der Waals surface area contributed by atoms with E-state index in [2.05, 4.69) is 5.32 Å². The Morgan fingerprint density at radius 2 is 1.84 bits per heavy atom. The fourth-order valence-corrected chi connectivity index (χ4v) is 2.71. The van der Waals surface area contributed by atoms with E-state index in [1.807, 2.05) is 42.5 Å². The average molecular weight is 301 g/mol. The number of nitrogens with one attached hydrogen (secondary N) is 1. The molecule has 19 heavy (non-hydrogen) atoms. The summed E-state index contributed by atoms with van der Waals surface area (Å²) in [5.41, 5.74) is 0.786. The van der Waals surface area contributed by atoms with Gasteiger partial charge in [0.25, 0.3) is 5.91 Å². The third kappa shape index (κ3) is 4.13. The van der Waals surface area contributed by atoms with E-state index in [1.54, 1.807) is 11.8 Å². The van der Waals surface area contributed by atoms with E-state index in [9.17, 15) is 4.79 Å². The molecule has 2 rings (SSSR count). The maximum atomic E-state index is 12.3. The topological polar surface area (TPSA) is 32.3 Å². The van der Waals surface area contributed by atoms with Crippen molar-refractivity contribution < 1.29 is 4.79 Å². The van der Waals surface area contributed by atoms with E-state index >= 15 is 0 Å². The summed E-state index contributed by atoms with van der Waals surface area (Å²) in [5.74, 6) is 0.134. The summed E-state index contributed by atoms with van der Waals surface area (Å²) in [6.45, 7) is 2.02. The largest absolute Gasteiger partial charge is 0.339 e. The first-order valence-corrected chi connectivity index (χ1v) is 7.57. The van der Waals surface area contributed by atoms with Crippen molar-refractivity contribution in [1.82, 2.24) is 10.2 Å². The summed E-state index contributed by atoms with van der Waals surface area (Å²) in [6.07, 6.45) is 4.13. The minimum Gasteiger partial charge on any atom is -0.339 e. The number of halogens is 1. The van der Waals surface area contributed by atoms with Gasteiger partial charge in [-0.1, -0.05) is 0 Å². The molecule has 0 unspecified atom stereocenters. The quantitative estimate of drug-likeness (QED) is 0.871. The van der Waals surface area contributed by atoms with E-state index in [-0.39, 0.29) is 18.3 Å². The molecule has 1 amide bonds. The normalized spacial score (nSPS) is 15.7. The van der Waals surface area contributed by atoms with Gasteiger partial charge >= 0.3 is 0 Å².